The third-order valence-corrected chi connectivity index (χ3v) is 3.68. The maximum atomic E-state index is 9.81. The van der Waals surface area contributed by atoms with E-state index >= 15 is 0 Å². The van der Waals surface area contributed by atoms with Crippen molar-refractivity contribution in [2.24, 2.45) is 0 Å². The zero-order chi connectivity index (χ0) is 11.5. The first-order chi connectivity index (χ1) is 6.99. The number of unbranched alkanes of at least 4 members (excludes halogenated alkanes) is 1. The van der Waals surface area contributed by atoms with E-state index in [-0.39, 0.29) is 6.61 Å². The molecule has 0 amide bonds. The van der Waals surface area contributed by atoms with Gasteiger partial charge in [-0.3, -0.25) is 0 Å². The summed E-state index contributed by atoms with van der Waals surface area (Å²) in [6, 6.07) is 0. The minimum absolute atomic E-state index is 0.0361. The maximum absolute atomic E-state index is 9.81. The number of aryl methyl sites for hydroxylation is 1. The highest BCUT2D eigenvalue weighted by Crippen LogP contribution is 2.28. The molecule has 0 saturated carbocycles. The van der Waals surface area contributed by atoms with Crippen LogP contribution in [0.25, 0.3) is 0 Å². The minimum Gasteiger partial charge on any atom is -0.390 e. The molecule has 1 aromatic rings. The molecule has 0 unspecified atom stereocenters. The predicted molar refractivity (Wildman–Crippen MR) is 61.9 cm³/mol. The molecular formula is C11H19NO2S. The number of hydrogen-bond donors (Lipinski definition) is 2. The fraction of sp³-hybridized carbons (Fsp3) is 0.727. The zero-order valence-electron chi connectivity index (χ0n) is 9.58. The van der Waals surface area contributed by atoms with Crippen LogP contribution in [0.3, 0.4) is 0 Å². The van der Waals surface area contributed by atoms with Crippen LogP contribution < -0.4 is 0 Å². The number of aliphatic hydroxyl groups is 2. The first-order valence-corrected chi connectivity index (χ1v) is 6.13. The van der Waals surface area contributed by atoms with Crippen LogP contribution >= 0.6 is 11.3 Å². The highest BCUT2D eigenvalue weighted by Gasteiger charge is 2.22. The number of rotatable bonds is 5. The molecule has 1 heterocycles. The Hall–Kier alpha value is -0.450. The normalized spacial score (nSPS) is 12.1. The van der Waals surface area contributed by atoms with Gasteiger partial charge >= 0.3 is 0 Å². The molecule has 1 aromatic heterocycles. The van der Waals surface area contributed by atoms with E-state index < -0.39 is 5.60 Å². The molecular weight excluding hydrogens is 210 g/mol. The van der Waals surface area contributed by atoms with Crippen molar-refractivity contribution in [1.82, 2.24) is 4.98 Å². The molecule has 0 aromatic carbocycles. The van der Waals surface area contributed by atoms with Crippen LogP contribution in [0.4, 0.5) is 0 Å². The lowest BCUT2D eigenvalue weighted by Gasteiger charge is -2.12. The molecule has 1 rings (SSSR count). The van der Waals surface area contributed by atoms with E-state index in [4.69, 9.17) is 5.11 Å². The van der Waals surface area contributed by atoms with Crippen LogP contribution in [0.2, 0.25) is 0 Å². The fourth-order valence-corrected chi connectivity index (χ4v) is 2.41. The van der Waals surface area contributed by atoms with Crippen molar-refractivity contribution in [3.8, 4) is 0 Å². The first kappa shape index (κ1) is 12.6. The van der Waals surface area contributed by atoms with E-state index in [9.17, 15) is 5.11 Å². The molecule has 0 atom stereocenters. The molecule has 3 nitrogen and oxygen atoms in total. The summed E-state index contributed by atoms with van der Waals surface area (Å²) in [5.74, 6) is 0. The Bertz CT molecular complexity index is 315. The first-order valence-electron chi connectivity index (χ1n) is 5.31. The van der Waals surface area contributed by atoms with Crippen molar-refractivity contribution in [2.45, 2.75) is 52.2 Å². The highest BCUT2D eigenvalue weighted by molar-refractivity contribution is 7.11. The monoisotopic (exact) mass is 229 g/mol. The summed E-state index contributed by atoms with van der Waals surface area (Å²) in [4.78, 5) is 5.38. The van der Waals surface area contributed by atoms with Gasteiger partial charge < -0.3 is 10.2 Å². The van der Waals surface area contributed by atoms with Crippen LogP contribution in [0.15, 0.2) is 0 Å². The lowest BCUT2D eigenvalue weighted by Crippen LogP contribution is -2.14. The van der Waals surface area contributed by atoms with E-state index in [1.165, 1.54) is 11.3 Å². The lowest BCUT2D eigenvalue weighted by molar-refractivity contribution is 0.0779. The van der Waals surface area contributed by atoms with Gasteiger partial charge in [-0.05, 0) is 26.7 Å². The van der Waals surface area contributed by atoms with Crippen molar-refractivity contribution in [3.63, 3.8) is 0 Å². The van der Waals surface area contributed by atoms with E-state index in [1.807, 2.05) is 0 Å². The summed E-state index contributed by atoms with van der Waals surface area (Å²) in [6.07, 6.45) is 3.17. The predicted octanol–water partition coefficient (Wildman–Crippen LogP) is 2.21. The summed E-state index contributed by atoms with van der Waals surface area (Å²) < 4.78 is 0. The van der Waals surface area contributed by atoms with E-state index in [0.29, 0.717) is 5.01 Å². The van der Waals surface area contributed by atoms with Crippen LogP contribution in [0.5, 0.6) is 0 Å². The summed E-state index contributed by atoms with van der Waals surface area (Å²) in [5.41, 5.74) is -0.176. The van der Waals surface area contributed by atoms with Gasteiger partial charge in [-0.25, -0.2) is 4.98 Å². The largest absolute Gasteiger partial charge is 0.390 e. The molecule has 0 radical (unpaired) electrons. The second-order valence-electron chi connectivity index (χ2n) is 4.21. The number of nitrogens with zero attached hydrogens (tertiary/aromatic N) is 1. The molecule has 0 aliphatic rings. The zero-order valence-corrected chi connectivity index (χ0v) is 10.4. The Balaban J connectivity index is 2.90. The number of hydrogen-bond acceptors (Lipinski definition) is 4. The van der Waals surface area contributed by atoms with Gasteiger partial charge in [0.25, 0.3) is 0 Å². The lowest BCUT2D eigenvalue weighted by atomic mass is 10.1. The third kappa shape index (κ3) is 3.26. The smallest absolute Gasteiger partial charge is 0.124 e. The van der Waals surface area contributed by atoms with Crippen molar-refractivity contribution in [3.05, 3.63) is 15.6 Å². The van der Waals surface area contributed by atoms with Gasteiger partial charge in [-0.1, -0.05) is 13.3 Å². The van der Waals surface area contributed by atoms with Gasteiger partial charge in [0.15, 0.2) is 0 Å². The van der Waals surface area contributed by atoms with E-state index in [2.05, 4.69) is 11.9 Å². The molecule has 0 bridgehead atoms. The van der Waals surface area contributed by atoms with Crippen molar-refractivity contribution < 1.29 is 10.2 Å². The van der Waals surface area contributed by atoms with Crippen LogP contribution in [-0.2, 0) is 18.6 Å². The highest BCUT2D eigenvalue weighted by atomic mass is 32.1. The maximum Gasteiger partial charge on any atom is 0.124 e. The summed E-state index contributed by atoms with van der Waals surface area (Å²) in [7, 11) is 0. The fourth-order valence-electron chi connectivity index (χ4n) is 1.30. The Labute approximate surface area is 94.8 Å². The summed E-state index contributed by atoms with van der Waals surface area (Å²) >= 11 is 1.51. The van der Waals surface area contributed by atoms with E-state index in [1.54, 1.807) is 13.8 Å². The Morgan fingerprint density at radius 1 is 1.40 bits per heavy atom. The molecule has 0 spiro atoms. The van der Waals surface area contributed by atoms with Gasteiger partial charge in [-0.15, -0.1) is 11.3 Å². The number of aliphatic hydroxyl groups excluding tert-OH is 1. The topological polar surface area (TPSA) is 53.4 Å². The molecule has 0 aliphatic heterocycles. The van der Waals surface area contributed by atoms with Gasteiger partial charge in [0, 0.05) is 4.88 Å². The second-order valence-corrected chi connectivity index (χ2v) is 5.29. The molecule has 0 aliphatic carbocycles. The van der Waals surface area contributed by atoms with Gasteiger partial charge in [0.2, 0.25) is 0 Å². The van der Waals surface area contributed by atoms with Crippen LogP contribution in [-0.4, -0.2) is 15.2 Å². The van der Waals surface area contributed by atoms with Crippen LogP contribution in [0.1, 0.15) is 49.2 Å². The Kier molecular flexibility index (Phi) is 4.25. The van der Waals surface area contributed by atoms with Crippen molar-refractivity contribution in [1.29, 1.82) is 0 Å². The molecule has 15 heavy (non-hydrogen) atoms. The quantitative estimate of drug-likeness (QED) is 0.814. The molecule has 0 fully saturated rings. The molecule has 86 valence electrons. The van der Waals surface area contributed by atoms with E-state index in [0.717, 1.165) is 29.8 Å². The van der Waals surface area contributed by atoms with Gasteiger partial charge in [0.1, 0.15) is 10.6 Å². The van der Waals surface area contributed by atoms with Crippen molar-refractivity contribution >= 4 is 11.3 Å². The van der Waals surface area contributed by atoms with Gasteiger partial charge in [-0.2, -0.15) is 0 Å². The Morgan fingerprint density at radius 2 is 2.07 bits per heavy atom. The van der Waals surface area contributed by atoms with Crippen LogP contribution in [0, 0.1) is 0 Å². The number of aromatic nitrogens is 1. The standard InChI is InChI=1S/C11H19NO2S/c1-4-5-6-9-8(7-13)12-10(15-9)11(2,3)14/h13-14H,4-7H2,1-3H3. The summed E-state index contributed by atoms with van der Waals surface area (Å²) in [5, 5.41) is 19.7. The van der Waals surface area contributed by atoms with Gasteiger partial charge in [0.05, 0.1) is 12.3 Å². The number of thiazole rings is 1. The average Bonchev–Trinajstić information content (AvgIpc) is 2.57. The summed E-state index contributed by atoms with van der Waals surface area (Å²) in [6.45, 7) is 5.54. The molecule has 4 heteroatoms. The van der Waals surface area contributed by atoms with Crippen molar-refractivity contribution in [2.75, 3.05) is 0 Å². The minimum atomic E-state index is -0.904. The SMILES string of the molecule is CCCCc1sc(C(C)(C)O)nc1CO. The molecule has 0 saturated heterocycles. The second kappa shape index (κ2) is 5.05. The molecule has 2 N–H and O–H groups in total. The average molecular weight is 229 g/mol. The Morgan fingerprint density at radius 3 is 2.53 bits per heavy atom. The third-order valence-electron chi connectivity index (χ3n) is 2.21.